The topological polar surface area (TPSA) is 72.7 Å². The van der Waals surface area contributed by atoms with Gasteiger partial charge in [0.15, 0.2) is 5.82 Å². The van der Waals surface area contributed by atoms with Crippen LogP contribution in [0.1, 0.15) is 11.4 Å². The number of rotatable bonds is 3. The highest BCUT2D eigenvalue weighted by atomic mass is 16.3. The average Bonchev–Trinajstić information content (AvgIpc) is 2.92. The van der Waals surface area contributed by atoms with E-state index in [1.165, 1.54) is 0 Å². The van der Waals surface area contributed by atoms with Gasteiger partial charge in [-0.15, -0.1) is 0 Å². The maximum absolute atomic E-state index is 10.2. The molecule has 1 aromatic heterocycles. The van der Waals surface area contributed by atoms with E-state index >= 15 is 0 Å². The molecule has 2 aromatic carbocycles. The van der Waals surface area contributed by atoms with E-state index in [2.05, 4.69) is 9.97 Å². The predicted octanol–water partition coefficient (Wildman–Crippen LogP) is 3.60. The third-order valence-corrected chi connectivity index (χ3v) is 3.24. The van der Waals surface area contributed by atoms with Crippen molar-refractivity contribution in [3.05, 3.63) is 71.7 Å². The lowest BCUT2D eigenvalue weighted by Crippen LogP contribution is -1.96. The number of fused-ring (bicyclic) bond motifs is 1. The first-order valence-corrected chi connectivity index (χ1v) is 6.59. The summed E-state index contributed by atoms with van der Waals surface area (Å²) in [6.45, 7) is 0. The molecular weight excluding hydrogens is 262 g/mol. The largest absolute Gasteiger partial charge is 0.510 e. The van der Waals surface area contributed by atoms with Crippen LogP contribution in [0.4, 0.5) is 0 Å². The second-order valence-electron chi connectivity index (χ2n) is 4.70. The van der Waals surface area contributed by atoms with Crippen molar-refractivity contribution in [2.24, 2.45) is 0 Å². The van der Waals surface area contributed by atoms with Crippen LogP contribution in [0.5, 0.6) is 0 Å². The minimum atomic E-state index is 0.0164. The Bertz CT molecular complexity index is 808. The highest BCUT2D eigenvalue weighted by molar-refractivity contribution is 5.82. The zero-order valence-electron chi connectivity index (χ0n) is 11.2. The van der Waals surface area contributed by atoms with Gasteiger partial charge in [0, 0.05) is 6.42 Å². The number of nitriles is 1. The van der Waals surface area contributed by atoms with E-state index < -0.39 is 0 Å². The van der Waals surface area contributed by atoms with Crippen molar-refractivity contribution in [3.8, 4) is 6.07 Å². The van der Waals surface area contributed by atoms with Crippen molar-refractivity contribution in [1.82, 2.24) is 9.97 Å². The number of aliphatic hydroxyl groups is 1. The van der Waals surface area contributed by atoms with Gasteiger partial charge in [0.1, 0.15) is 17.4 Å². The number of H-pyrrole nitrogens is 1. The molecule has 0 radical (unpaired) electrons. The molecule has 0 fully saturated rings. The van der Waals surface area contributed by atoms with Gasteiger partial charge >= 0.3 is 0 Å². The summed E-state index contributed by atoms with van der Waals surface area (Å²) >= 11 is 0. The quantitative estimate of drug-likeness (QED) is 0.566. The molecule has 0 aliphatic heterocycles. The molecule has 0 aliphatic rings. The van der Waals surface area contributed by atoms with Crippen LogP contribution in [-0.2, 0) is 6.42 Å². The molecule has 0 saturated heterocycles. The van der Waals surface area contributed by atoms with Crippen molar-refractivity contribution in [2.45, 2.75) is 6.42 Å². The minimum Gasteiger partial charge on any atom is -0.510 e. The molecule has 2 N–H and O–H groups in total. The van der Waals surface area contributed by atoms with Crippen LogP contribution >= 0.6 is 0 Å². The zero-order chi connectivity index (χ0) is 14.7. The standard InChI is InChI=1S/C17H13N3O/c18-11-13(16(21)10-12-6-2-1-3-7-12)17-19-14-8-4-5-9-15(14)20-17/h1-9,21H,10H2,(H,19,20)/b16-13+. The Hall–Kier alpha value is -3.06. The van der Waals surface area contributed by atoms with Gasteiger partial charge in [0.05, 0.1) is 11.0 Å². The number of benzene rings is 2. The zero-order valence-corrected chi connectivity index (χ0v) is 11.2. The van der Waals surface area contributed by atoms with Crippen molar-refractivity contribution in [1.29, 1.82) is 5.26 Å². The van der Waals surface area contributed by atoms with Gasteiger partial charge in [-0.05, 0) is 17.7 Å². The number of aliphatic hydroxyl groups excluding tert-OH is 1. The summed E-state index contributed by atoms with van der Waals surface area (Å²) in [6.07, 6.45) is 0.306. The molecular formula is C17H13N3O. The molecule has 1 heterocycles. The summed E-state index contributed by atoms with van der Waals surface area (Å²) in [6, 6.07) is 19.1. The van der Waals surface area contributed by atoms with E-state index in [-0.39, 0.29) is 11.3 Å². The third-order valence-electron chi connectivity index (χ3n) is 3.24. The molecule has 0 bridgehead atoms. The lowest BCUT2D eigenvalue weighted by molar-refractivity contribution is 0.402. The average molecular weight is 275 g/mol. The maximum atomic E-state index is 10.2. The molecule has 21 heavy (non-hydrogen) atoms. The Kier molecular flexibility index (Phi) is 3.40. The normalized spacial score (nSPS) is 12.0. The van der Waals surface area contributed by atoms with Crippen molar-refractivity contribution >= 4 is 16.6 Å². The second kappa shape index (κ2) is 5.51. The monoisotopic (exact) mass is 275 g/mol. The first-order chi connectivity index (χ1) is 10.3. The van der Waals surface area contributed by atoms with Crippen molar-refractivity contribution in [2.75, 3.05) is 0 Å². The number of aromatic amines is 1. The van der Waals surface area contributed by atoms with Crippen LogP contribution < -0.4 is 0 Å². The molecule has 0 unspecified atom stereocenters. The number of nitrogens with zero attached hydrogens (tertiary/aromatic N) is 2. The van der Waals surface area contributed by atoms with Gasteiger partial charge in [0.2, 0.25) is 0 Å². The fourth-order valence-corrected chi connectivity index (χ4v) is 2.20. The molecule has 0 spiro atoms. The number of aromatic nitrogens is 2. The highest BCUT2D eigenvalue weighted by Gasteiger charge is 2.13. The minimum absolute atomic E-state index is 0.0164. The number of allylic oxidation sites excluding steroid dienone is 2. The Labute approximate surface area is 122 Å². The summed E-state index contributed by atoms with van der Waals surface area (Å²) in [5.74, 6) is 0.412. The van der Waals surface area contributed by atoms with Crippen LogP contribution in [0, 0.1) is 11.3 Å². The molecule has 3 rings (SSSR count). The van der Waals surface area contributed by atoms with E-state index in [4.69, 9.17) is 0 Å². The third kappa shape index (κ3) is 2.63. The molecule has 0 amide bonds. The van der Waals surface area contributed by atoms with Crippen LogP contribution in [0.25, 0.3) is 16.6 Å². The van der Waals surface area contributed by atoms with Gasteiger partial charge in [-0.25, -0.2) is 4.98 Å². The maximum Gasteiger partial charge on any atom is 0.152 e. The van der Waals surface area contributed by atoms with Crippen molar-refractivity contribution in [3.63, 3.8) is 0 Å². The number of nitrogens with one attached hydrogen (secondary N) is 1. The fraction of sp³-hybridized carbons (Fsp3) is 0.0588. The first kappa shape index (κ1) is 12.9. The number of imidazole rings is 1. The summed E-state index contributed by atoms with van der Waals surface area (Å²) < 4.78 is 0. The van der Waals surface area contributed by atoms with Crippen molar-refractivity contribution < 1.29 is 5.11 Å². The summed E-state index contributed by atoms with van der Waals surface area (Å²) in [4.78, 5) is 7.41. The Morgan fingerprint density at radius 1 is 1.10 bits per heavy atom. The molecule has 0 atom stereocenters. The summed E-state index contributed by atoms with van der Waals surface area (Å²) in [5.41, 5.74) is 2.73. The van der Waals surface area contributed by atoms with Crippen LogP contribution in [0.3, 0.4) is 0 Å². The van der Waals surface area contributed by atoms with Gasteiger partial charge < -0.3 is 10.1 Å². The van der Waals surface area contributed by atoms with Crippen LogP contribution in [0.15, 0.2) is 60.4 Å². The molecule has 102 valence electrons. The molecule has 4 nitrogen and oxygen atoms in total. The molecule has 0 saturated carbocycles. The van der Waals surface area contributed by atoms with Crippen LogP contribution in [0.2, 0.25) is 0 Å². The Morgan fingerprint density at radius 3 is 2.52 bits per heavy atom. The lowest BCUT2D eigenvalue weighted by atomic mass is 10.1. The number of para-hydroxylation sites is 2. The fourth-order valence-electron chi connectivity index (χ4n) is 2.20. The van der Waals surface area contributed by atoms with E-state index in [9.17, 15) is 10.4 Å². The first-order valence-electron chi connectivity index (χ1n) is 6.59. The lowest BCUT2D eigenvalue weighted by Gasteiger charge is -2.02. The van der Waals surface area contributed by atoms with E-state index in [0.29, 0.717) is 12.2 Å². The second-order valence-corrected chi connectivity index (χ2v) is 4.70. The molecule has 3 aromatic rings. The van der Waals surface area contributed by atoms with Gasteiger partial charge in [-0.2, -0.15) is 5.26 Å². The summed E-state index contributed by atoms with van der Waals surface area (Å²) in [7, 11) is 0. The summed E-state index contributed by atoms with van der Waals surface area (Å²) in [5, 5.41) is 19.6. The van der Waals surface area contributed by atoms with Gasteiger partial charge in [-0.3, -0.25) is 0 Å². The number of hydrogen-bond donors (Lipinski definition) is 2. The van der Waals surface area contributed by atoms with E-state index in [0.717, 1.165) is 16.6 Å². The molecule has 0 aliphatic carbocycles. The Balaban J connectivity index is 2.00. The predicted molar refractivity (Wildman–Crippen MR) is 81.4 cm³/mol. The smallest absolute Gasteiger partial charge is 0.152 e. The SMILES string of the molecule is N#C/C(=C(\O)Cc1ccccc1)c1nc2ccccc2[nH]1. The van der Waals surface area contributed by atoms with E-state index in [1.54, 1.807) is 0 Å². The number of hydrogen-bond acceptors (Lipinski definition) is 3. The van der Waals surface area contributed by atoms with E-state index in [1.807, 2.05) is 60.7 Å². The van der Waals surface area contributed by atoms with Gasteiger partial charge in [0.25, 0.3) is 0 Å². The molecule has 4 heteroatoms. The Morgan fingerprint density at radius 2 is 1.81 bits per heavy atom. The van der Waals surface area contributed by atoms with Crippen LogP contribution in [-0.4, -0.2) is 15.1 Å². The van der Waals surface area contributed by atoms with Gasteiger partial charge in [-0.1, -0.05) is 42.5 Å². The highest BCUT2D eigenvalue weighted by Crippen LogP contribution is 2.20.